The molecule has 1 heterocycles. The summed E-state index contributed by atoms with van der Waals surface area (Å²) in [7, 11) is -0.652. The van der Waals surface area contributed by atoms with Gasteiger partial charge in [-0.05, 0) is 55.1 Å². The van der Waals surface area contributed by atoms with Crippen LogP contribution in [0.1, 0.15) is 5.56 Å². The Kier molecular flexibility index (Phi) is 6.10. The van der Waals surface area contributed by atoms with Gasteiger partial charge in [0.2, 0.25) is 0 Å². The molecule has 0 aliphatic heterocycles. The van der Waals surface area contributed by atoms with Crippen molar-refractivity contribution < 1.29 is 17.5 Å². The molecule has 3 aromatic carbocycles. The lowest BCUT2D eigenvalue weighted by molar-refractivity contribution is 0.411. The molecular weight excluding hydrogens is 453 g/mol. The summed E-state index contributed by atoms with van der Waals surface area (Å²) in [5.74, 6) is -0.0797. The van der Waals surface area contributed by atoms with Crippen molar-refractivity contribution >= 4 is 43.9 Å². The van der Waals surface area contributed by atoms with Gasteiger partial charge in [0.05, 0.1) is 23.2 Å². The van der Waals surface area contributed by atoms with Crippen molar-refractivity contribution in [2.45, 2.75) is 11.4 Å². The number of hydrogen-bond acceptors (Lipinski definition) is 5. The van der Waals surface area contributed by atoms with Crippen molar-refractivity contribution in [3.05, 3.63) is 83.3 Å². The summed E-state index contributed by atoms with van der Waals surface area (Å²) in [6, 6.07) is 15.9. The summed E-state index contributed by atoms with van der Waals surface area (Å²) in [4.78, 5) is 0.0810. The molecular formula is C23H21ClFN3O3S. The van der Waals surface area contributed by atoms with Crippen molar-refractivity contribution in [3.8, 4) is 5.75 Å². The molecule has 0 saturated heterocycles. The highest BCUT2D eigenvalue weighted by molar-refractivity contribution is 7.90. The van der Waals surface area contributed by atoms with Crippen molar-refractivity contribution in [2.24, 2.45) is 0 Å². The minimum absolute atomic E-state index is 0.0810. The molecule has 4 aromatic rings. The van der Waals surface area contributed by atoms with Gasteiger partial charge < -0.3 is 15.4 Å². The van der Waals surface area contributed by atoms with Crippen molar-refractivity contribution in [1.29, 1.82) is 0 Å². The Morgan fingerprint density at radius 2 is 1.91 bits per heavy atom. The van der Waals surface area contributed by atoms with E-state index in [1.807, 2.05) is 6.07 Å². The molecule has 0 aliphatic carbocycles. The molecule has 0 unspecified atom stereocenters. The van der Waals surface area contributed by atoms with Crippen LogP contribution in [0.5, 0.6) is 5.75 Å². The predicted molar refractivity (Wildman–Crippen MR) is 125 cm³/mol. The van der Waals surface area contributed by atoms with Crippen LogP contribution in [0.2, 0.25) is 5.02 Å². The molecule has 0 saturated carbocycles. The highest BCUT2D eigenvalue weighted by Gasteiger charge is 2.22. The Hall–Kier alpha value is -3.07. The van der Waals surface area contributed by atoms with Crippen LogP contribution >= 0.6 is 11.6 Å². The molecule has 1 aromatic heterocycles. The van der Waals surface area contributed by atoms with Crippen LogP contribution in [0.25, 0.3) is 10.9 Å². The van der Waals surface area contributed by atoms with Gasteiger partial charge in [-0.3, -0.25) is 0 Å². The third-order valence-electron chi connectivity index (χ3n) is 5.03. The number of aromatic nitrogens is 1. The van der Waals surface area contributed by atoms with Gasteiger partial charge in [-0.15, -0.1) is 0 Å². The third-order valence-corrected chi connectivity index (χ3v) is 6.93. The van der Waals surface area contributed by atoms with Gasteiger partial charge in [0.25, 0.3) is 10.0 Å². The lowest BCUT2D eigenvalue weighted by atomic mass is 10.1. The van der Waals surface area contributed by atoms with E-state index < -0.39 is 15.8 Å². The lowest BCUT2D eigenvalue weighted by Gasteiger charge is -2.11. The van der Waals surface area contributed by atoms with Crippen LogP contribution in [0.15, 0.2) is 71.8 Å². The first kappa shape index (κ1) is 22.1. The molecule has 166 valence electrons. The number of ether oxygens (including phenoxy) is 1. The van der Waals surface area contributed by atoms with E-state index in [-0.39, 0.29) is 10.6 Å². The number of methoxy groups -OCH3 is 1. The fourth-order valence-electron chi connectivity index (χ4n) is 3.49. The first-order valence-corrected chi connectivity index (χ1v) is 11.6. The van der Waals surface area contributed by atoms with E-state index in [1.165, 1.54) is 29.3 Å². The van der Waals surface area contributed by atoms with Crippen LogP contribution in [0, 0.1) is 5.82 Å². The van der Waals surface area contributed by atoms with Crippen LogP contribution in [0.3, 0.4) is 0 Å². The maximum absolute atomic E-state index is 14.4. The highest BCUT2D eigenvalue weighted by Crippen LogP contribution is 2.31. The average Bonchev–Trinajstić information content (AvgIpc) is 3.14. The largest absolute Gasteiger partial charge is 0.497 e. The van der Waals surface area contributed by atoms with Gasteiger partial charge >= 0.3 is 0 Å². The molecule has 0 fully saturated rings. The van der Waals surface area contributed by atoms with E-state index in [0.29, 0.717) is 28.5 Å². The number of benzene rings is 3. The molecule has 0 radical (unpaired) electrons. The van der Waals surface area contributed by atoms with Crippen LogP contribution in [-0.4, -0.2) is 26.5 Å². The van der Waals surface area contributed by atoms with E-state index in [0.717, 1.165) is 10.9 Å². The number of nitrogens with zero attached hydrogens (tertiary/aromatic N) is 1. The van der Waals surface area contributed by atoms with Gasteiger partial charge in [-0.1, -0.05) is 23.7 Å². The molecule has 0 bridgehead atoms. The molecule has 4 rings (SSSR count). The zero-order valence-corrected chi connectivity index (χ0v) is 19.0. The van der Waals surface area contributed by atoms with E-state index >= 15 is 0 Å². The number of anilines is 2. The van der Waals surface area contributed by atoms with E-state index in [9.17, 15) is 12.8 Å². The number of rotatable bonds is 7. The van der Waals surface area contributed by atoms with E-state index in [1.54, 1.807) is 49.6 Å². The summed E-state index contributed by atoms with van der Waals surface area (Å²) < 4.78 is 47.5. The normalized spacial score (nSPS) is 11.6. The summed E-state index contributed by atoms with van der Waals surface area (Å²) in [6.07, 6.45) is 1.59. The topological polar surface area (TPSA) is 72.4 Å². The Labute approximate surface area is 190 Å². The van der Waals surface area contributed by atoms with Crippen molar-refractivity contribution in [2.75, 3.05) is 19.5 Å². The minimum atomic E-state index is -3.91. The van der Waals surface area contributed by atoms with Gasteiger partial charge in [-0.2, -0.15) is 0 Å². The van der Waals surface area contributed by atoms with Crippen LogP contribution < -0.4 is 15.4 Å². The summed E-state index contributed by atoms with van der Waals surface area (Å²) >= 11 is 6.03. The van der Waals surface area contributed by atoms with Gasteiger partial charge in [-0.25, -0.2) is 16.8 Å². The van der Waals surface area contributed by atoms with E-state index in [2.05, 4.69) is 10.6 Å². The molecule has 6 nitrogen and oxygen atoms in total. The fraction of sp³-hybridized carbons (Fsp3) is 0.130. The second-order valence-corrected chi connectivity index (χ2v) is 9.40. The average molecular weight is 474 g/mol. The Balaban J connectivity index is 1.83. The minimum Gasteiger partial charge on any atom is -0.497 e. The van der Waals surface area contributed by atoms with Crippen molar-refractivity contribution in [1.82, 2.24) is 9.29 Å². The SMILES string of the molecule is CNCc1cn(S(=O)(=O)c2cccc(Cl)c2)c2cc(Nc3ccc(OC)cc3F)ccc12. The molecule has 2 N–H and O–H groups in total. The van der Waals surface area contributed by atoms with Gasteiger partial charge in [0.15, 0.2) is 0 Å². The van der Waals surface area contributed by atoms with Crippen molar-refractivity contribution in [3.63, 3.8) is 0 Å². The van der Waals surface area contributed by atoms with Crippen LogP contribution in [0.4, 0.5) is 15.8 Å². The zero-order chi connectivity index (χ0) is 22.9. The Bertz CT molecular complexity index is 1400. The fourth-order valence-corrected chi connectivity index (χ4v) is 5.18. The number of fused-ring (bicyclic) bond motifs is 1. The quantitative estimate of drug-likeness (QED) is 0.388. The third kappa shape index (κ3) is 4.17. The molecule has 0 aliphatic rings. The maximum atomic E-state index is 14.4. The highest BCUT2D eigenvalue weighted by atomic mass is 35.5. The summed E-state index contributed by atoms with van der Waals surface area (Å²) in [5.41, 5.74) is 2.07. The Morgan fingerprint density at radius 3 is 2.59 bits per heavy atom. The molecule has 0 amide bonds. The predicted octanol–water partition coefficient (Wildman–Crippen LogP) is 5.14. The second-order valence-electron chi connectivity index (χ2n) is 7.15. The van der Waals surface area contributed by atoms with Gasteiger partial charge in [0.1, 0.15) is 11.6 Å². The molecule has 0 spiro atoms. The maximum Gasteiger partial charge on any atom is 0.268 e. The lowest BCUT2D eigenvalue weighted by Crippen LogP contribution is -2.12. The summed E-state index contributed by atoms with van der Waals surface area (Å²) in [6.45, 7) is 0.481. The molecule has 9 heteroatoms. The first-order chi connectivity index (χ1) is 15.3. The number of halogens is 2. The van der Waals surface area contributed by atoms with Gasteiger partial charge in [0, 0.05) is 34.9 Å². The van der Waals surface area contributed by atoms with Crippen LogP contribution in [-0.2, 0) is 16.6 Å². The Morgan fingerprint density at radius 1 is 1.09 bits per heavy atom. The zero-order valence-electron chi connectivity index (χ0n) is 17.4. The summed E-state index contributed by atoms with van der Waals surface area (Å²) in [5, 5.41) is 7.16. The number of hydrogen-bond donors (Lipinski definition) is 2. The monoisotopic (exact) mass is 473 g/mol. The number of nitrogens with one attached hydrogen (secondary N) is 2. The standard InChI is InChI=1S/C23H21ClFN3O3S/c1-26-13-15-14-28(32(29,30)19-5-3-4-16(24)10-19)23-11-17(6-8-20(15)23)27-22-9-7-18(31-2)12-21(22)25/h3-12,14,26-27H,13H2,1-2H3. The first-order valence-electron chi connectivity index (χ1n) is 9.74. The van der Waals surface area contributed by atoms with E-state index in [4.69, 9.17) is 16.3 Å². The molecule has 0 atom stereocenters. The smallest absolute Gasteiger partial charge is 0.268 e. The molecule has 32 heavy (non-hydrogen) atoms. The second kappa shape index (κ2) is 8.82.